The van der Waals surface area contributed by atoms with Crippen molar-refractivity contribution in [3.8, 4) is 5.69 Å². The van der Waals surface area contributed by atoms with Gasteiger partial charge in [-0.3, -0.25) is 14.3 Å². The molecule has 1 aromatic heterocycles. The highest BCUT2D eigenvalue weighted by Gasteiger charge is 2.31. The number of hydrogen-bond donors (Lipinski definition) is 1. The standard InChI is InChI=1S/C21H18F3N3O4/c1-13-18(19(29)27(26(13)2)16-9-4-3-5-10-16)25-17(28)12-31-20(30)14-7-6-8-15(11-14)21(22,23)24/h3-11H,12H2,1-2H3,(H,25,28). The summed E-state index contributed by atoms with van der Waals surface area (Å²) in [6, 6.07) is 12.4. The van der Waals surface area contributed by atoms with E-state index in [1.807, 2.05) is 0 Å². The number of halogens is 3. The lowest BCUT2D eigenvalue weighted by Crippen LogP contribution is -2.26. The number of nitrogens with one attached hydrogen (secondary N) is 1. The van der Waals surface area contributed by atoms with Gasteiger partial charge in [0.25, 0.3) is 11.5 Å². The lowest BCUT2D eigenvalue weighted by molar-refractivity contribution is -0.137. The minimum absolute atomic E-state index is 0.00599. The van der Waals surface area contributed by atoms with Crippen molar-refractivity contribution in [1.29, 1.82) is 0 Å². The van der Waals surface area contributed by atoms with E-state index in [1.165, 1.54) is 4.68 Å². The van der Waals surface area contributed by atoms with Crippen LogP contribution in [0.4, 0.5) is 18.9 Å². The summed E-state index contributed by atoms with van der Waals surface area (Å²) >= 11 is 0. The third kappa shape index (κ3) is 4.68. The van der Waals surface area contributed by atoms with Gasteiger partial charge in [0.15, 0.2) is 6.61 Å². The van der Waals surface area contributed by atoms with Crippen LogP contribution in [0.1, 0.15) is 21.6 Å². The van der Waals surface area contributed by atoms with E-state index in [0.717, 1.165) is 18.2 Å². The van der Waals surface area contributed by atoms with E-state index in [9.17, 15) is 27.6 Å². The first-order chi connectivity index (χ1) is 14.6. The predicted molar refractivity (Wildman–Crippen MR) is 106 cm³/mol. The zero-order chi connectivity index (χ0) is 22.8. The van der Waals surface area contributed by atoms with Gasteiger partial charge in [0.2, 0.25) is 0 Å². The molecule has 0 radical (unpaired) electrons. The van der Waals surface area contributed by atoms with Gasteiger partial charge in [0, 0.05) is 7.05 Å². The molecule has 3 rings (SSSR count). The quantitative estimate of drug-likeness (QED) is 0.626. The van der Waals surface area contributed by atoms with Crippen LogP contribution in [0.15, 0.2) is 59.4 Å². The van der Waals surface area contributed by atoms with Crippen LogP contribution in [0.5, 0.6) is 0 Å². The molecule has 1 heterocycles. The first-order valence-electron chi connectivity index (χ1n) is 9.08. The summed E-state index contributed by atoms with van der Waals surface area (Å²) in [7, 11) is 1.65. The average Bonchev–Trinajstić information content (AvgIpc) is 2.95. The zero-order valence-corrected chi connectivity index (χ0v) is 16.6. The van der Waals surface area contributed by atoms with E-state index >= 15 is 0 Å². The molecule has 0 bridgehead atoms. The van der Waals surface area contributed by atoms with Gasteiger partial charge in [-0.1, -0.05) is 24.3 Å². The van der Waals surface area contributed by atoms with Gasteiger partial charge < -0.3 is 10.1 Å². The van der Waals surface area contributed by atoms with Crippen LogP contribution in [0.3, 0.4) is 0 Å². The second-order valence-electron chi connectivity index (χ2n) is 6.64. The summed E-state index contributed by atoms with van der Waals surface area (Å²) < 4.78 is 46.0. The minimum atomic E-state index is -4.61. The Bertz CT molecular complexity index is 1180. The number of rotatable bonds is 5. The lowest BCUT2D eigenvalue weighted by atomic mass is 10.1. The molecule has 0 unspecified atom stereocenters. The Morgan fingerprint density at radius 2 is 1.74 bits per heavy atom. The molecule has 0 aliphatic heterocycles. The fourth-order valence-corrected chi connectivity index (χ4v) is 2.92. The number of para-hydroxylation sites is 1. The van der Waals surface area contributed by atoms with Crippen molar-refractivity contribution in [3.63, 3.8) is 0 Å². The molecular formula is C21H18F3N3O4. The number of nitrogens with zero attached hydrogens (tertiary/aromatic N) is 2. The summed E-state index contributed by atoms with van der Waals surface area (Å²) in [5.41, 5.74) is -0.770. The molecule has 162 valence electrons. The molecule has 0 saturated heterocycles. The number of amides is 1. The van der Waals surface area contributed by atoms with Crippen LogP contribution in [0.25, 0.3) is 5.69 Å². The molecule has 2 aromatic carbocycles. The maximum Gasteiger partial charge on any atom is 0.416 e. The maximum absolute atomic E-state index is 12.8. The van der Waals surface area contributed by atoms with E-state index in [4.69, 9.17) is 4.74 Å². The number of aromatic nitrogens is 2. The Morgan fingerprint density at radius 3 is 2.39 bits per heavy atom. The molecule has 1 amide bonds. The van der Waals surface area contributed by atoms with Crippen LogP contribution >= 0.6 is 0 Å². The van der Waals surface area contributed by atoms with Crippen molar-refractivity contribution in [2.24, 2.45) is 7.05 Å². The molecule has 0 spiro atoms. The van der Waals surface area contributed by atoms with Gasteiger partial charge in [-0.2, -0.15) is 13.2 Å². The zero-order valence-electron chi connectivity index (χ0n) is 16.6. The third-order valence-electron chi connectivity index (χ3n) is 4.58. The van der Waals surface area contributed by atoms with E-state index in [2.05, 4.69) is 5.32 Å². The highest BCUT2D eigenvalue weighted by Crippen LogP contribution is 2.29. The third-order valence-corrected chi connectivity index (χ3v) is 4.58. The number of hydrogen-bond acceptors (Lipinski definition) is 4. The number of esters is 1. The average molecular weight is 433 g/mol. The Balaban J connectivity index is 1.71. The molecule has 0 fully saturated rings. The van der Waals surface area contributed by atoms with E-state index in [0.29, 0.717) is 17.4 Å². The lowest BCUT2D eigenvalue weighted by Gasteiger charge is -2.09. The van der Waals surface area contributed by atoms with Crippen LogP contribution in [-0.4, -0.2) is 27.8 Å². The molecule has 3 aromatic rings. The van der Waals surface area contributed by atoms with Gasteiger partial charge in [0.05, 0.1) is 22.5 Å². The molecular weight excluding hydrogens is 415 g/mol. The van der Waals surface area contributed by atoms with Gasteiger partial charge in [0.1, 0.15) is 5.69 Å². The smallest absolute Gasteiger partial charge is 0.416 e. The summed E-state index contributed by atoms with van der Waals surface area (Å²) in [6.45, 7) is 0.860. The van der Waals surface area contributed by atoms with Crippen molar-refractivity contribution in [2.45, 2.75) is 13.1 Å². The summed E-state index contributed by atoms with van der Waals surface area (Å²) in [5.74, 6) is -1.89. The van der Waals surface area contributed by atoms with E-state index in [1.54, 1.807) is 49.0 Å². The SMILES string of the molecule is Cc1c(NC(=O)COC(=O)c2cccc(C(F)(F)F)c2)c(=O)n(-c2ccccc2)n1C. The molecule has 31 heavy (non-hydrogen) atoms. The molecule has 10 heteroatoms. The summed E-state index contributed by atoms with van der Waals surface area (Å²) in [6.07, 6.45) is -4.61. The van der Waals surface area contributed by atoms with E-state index in [-0.39, 0.29) is 11.3 Å². The Labute approximate surface area is 174 Å². The number of benzene rings is 2. The molecule has 0 aliphatic rings. The minimum Gasteiger partial charge on any atom is -0.452 e. The van der Waals surface area contributed by atoms with Crippen molar-refractivity contribution in [2.75, 3.05) is 11.9 Å². The van der Waals surface area contributed by atoms with Crippen molar-refractivity contribution in [1.82, 2.24) is 9.36 Å². The second kappa shape index (κ2) is 8.50. The predicted octanol–water partition coefficient (Wildman–Crippen LogP) is 3.30. The van der Waals surface area contributed by atoms with Crippen molar-refractivity contribution >= 4 is 17.6 Å². The summed E-state index contributed by atoms with van der Waals surface area (Å²) in [4.78, 5) is 37.0. The number of anilines is 1. The maximum atomic E-state index is 12.8. The fourth-order valence-electron chi connectivity index (χ4n) is 2.92. The number of carbonyl (C=O) groups is 2. The Kier molecular flexibility index (Phi) is 6.00. The van der Waals surface area contributed by atoms with Gasteiger partial charge in [-0.25, -0.2) is 9.48 Å². The van der Waals surface area contributed by atoms with Gasteiger partial charge >= 0.3 is 12.1 Å². The first kappa shape index (κ1) is 21.9. The largest absolute Gasteiger partial charge is 0.452 e. The first-order valence-corrected chi connectivity index (χ1v) is 9.08. The Morgan fingerprint density at radius 1 is 1.06 bits per heavy atom. The number of carbonyl (C=O) groups excluding carboxylic acids is 2. The van der Waals surface area contributed by atoms with Crippen LogP contribution in [-0.2, 0) is 22.8 Å². The fraction of sp³-hybridized carbons (Fsp3) is 0.190. The monoisotopic (exact) mass is 433 g/mol. The van der Waals surface area contributed by atoms with E-state index < -0.39 is 35.8 Å². The van der Waals surface area contributed by atoms with Crippen LogP contribution in [0.2, 0.25) is 0 Å². The normalized spacial score (nSPS) is 11.3. The molecule has 7 nitrogen and oxygen atoms in total. The van der Waals surface area contributed by atoms with Gasteiger partial charge in [-0.05, 0) is 37.3 Å². The van der Waals surface area contributed by atoms with Gasteiger partial charge in [-0.15, -0.1) is 0 Å². The van der Waals surface area contributed by atoms with Crippen molar-refractivity contribution in [3.05, 3.63) is 81.8 Å². The Hall–Kier alpha value is -3.82. The highest BCUT2D eigenvalue weighted by molar-refractivity contribution is 5.95. The number of ether oxygens (including phenoxy) is 1. The highest BCUT2D eigenvalue weighted by atomic mass is 19.4. The van der Waals surface area contributed by atoms with Crippen LogP contribution < -0.4 is 10.9 Å². The summed E-state index contributed by atoms with van der Waals surface area (Å²) in [5, 5.41) is 2.40. The molecule has 1 N–H and O–H groups in total. The second-order valence-corrected chi connectivity index (χ2v) is 6.64. The van der Waals surface area contributed by atoms with Crippen molar-refractivity contribution < 1.29 is 27.5 Å². The number of alkyl halides is 3. The molecule has 0 atom stereocenters. The molecule has 0 aliphatic carbocycles. The topological polar surface area (TPSA) is 82.3 Å². The molecule has 0 saturated carbocycles. The van der Waals surface area contributed by atoms with Crippen LogP contribution in [0, 0.1) is 6.92 Å².